The minimum Gasteiger partial charge on any atom is -0.481 e. The lowest BCUT2D eigenvalue weighted by Crippen LogP contribution is -2.43. The zero-order valence-electron chi connectivity index (χ0n) is 8.49. The number of hydrogen-bond acceptors (Lipinski definition) is 4. The molecule has 0 bridgehead atoms. The molecular weight excluding hydrogens is 216 g/mol. The zero-order valence-corrected chi connectivity index (χ0v) is 9.31. The van der Waals surface area contributed by atoms with Gasteiger partial charge in [-0.3, -0.25) is 9.59 Å². The number of carboxylic acid groups (broad SMARTS) is 1. The maximum absolute atomic E-state index is 11.3. The monoisotopic (exact) mass is 232 g/mol. The van der Waals surface area contributed by atoms with E-state index in [9.17, 15) is 9.59 Å². The highest BCUT2D eigenvalue weighted by molar-refractivity contribution is 8.00. The lowest BCUT2D eigenvalue weighted by molar-refractivity contribution is -0.133. The van der Waals surface area contributed by atoms with E-state index in [1.807, 2.05) is 0 Å². The van der Waals surface area contributed by atoms with Gasteiger partial charge >= 0.3 is 5.97 Å². The number of hydrogen-bond donors (Lipinski definition) is 3. The van der Waals surface area contributed by atoms with E-state index in [4.69, 9.17) is 5.11 Å². The molecule has 0 atom stereocenters. The fraction of sp³-hybridized carbons (Fsp3) is 0.778. The maximum atomic E-state index is 11.3. The predicted octanol–water partition coefficient (Wildman–Crippen LogP) is -0.328. The van der Waals surface area contributed by atoms with Crippen LogP contribution in [0.5, 0.6) is 0 Å². The van der Waals surface area contributed by atoms with Gasteiger partial charge in [-0.25, -0.2) is 0 Å². The summed E-state index contributed by atoms with van der Waals surface area (Å²) >= 11 is 1.13. The zero-order chi connectivity index (χ0) is 11.1. The number of carbonyl (C=O) groups is 2. The molecule has 0 saturated carbocycles. The highest BCUT2D eigenvalue weighted by Crippen LogP contribution is 2.03. The second kappa shape index (κ2) is 6.68. The van der Waals surface area contributed by atoms with E-state index in [0.29, 0.717) is 0 Å². The predicted molar refractivity (Wildman–Crippen MR) is 59.0 cm³/mol. The normalized spacial score (nSPS) is 17.3. The molecule has 6 heteroatoms. The van der Waals surface area contributed by atoms with Crippen molar-refractivity contribution < 1.29 is 14.7 Å². The van der Waals surface area contributed by atoms with Crippen molar-refractivity contribution in [1.82, 2.24) is 10.6 Å². The van der Waals surface area contributed by atoms with Gasteiger partial charge in [0.15, 0.2) is 0 Å². The fourth-order valence-corrected chi connectivity index (χ4v) is 2.01. The van der Waals surface area contributed by atoms with Gasteiger partial charge in [0.25, 0.3) is 0 Å². The van der Waals surface area contributed by atoms with Gasteiger partial charge in [0, 0.05) is 6.04 Å². The Labute approximate surface area is 93.0 Å². The van der Waals surface area contributed by atoms with Crippen molar-refractivity contribution in [3.8, 4) is 0 Å². The molecule has 1 aliphatic heterocycles. The van der Waals surface area contributed by atoms with Crippen LogP contribution < -0.4 is 10.6 Å². The minimum atomic E-state index is -0.880. The first-order chi connectivity index (χ1) is 7.18. The van der Waals surface area contributed by atoms with E-state index in [1.54, 1.807) is 0 Å². The molecule has 1 saturated heterocycles. The number of aliphatic carboxylic acids is 1. The van der Waals surface area contributed by atoms with Gasteiger partial charge in [-0.1, -0.05) is 0 Å². The van der Waals surface area contributed by atoms with Crippen LogP contribution in [0.25, 0.3) is 0 Å². The second-order valence-electron chi connectivity index (χ2n) is 3.48. The summed E-state index contributed by atoms with van der Waals surface area (Å²) in [5, 5.41) is 14.5. The van der Waals surface area contributed by atoms with E-state index in [1.165, 1.54) is 0 Å². The number of thioether (sulfide) groups is 1. The summed E-state index contributed by atoms with van der Waals surface area (Å²) in [6.07, 6.45) is 1.91. The Morgan fingerprint density at radius 3 is 2.60 bits per heavy atom. The van der Waals surface area contributed by atoms with Gasteiger partial charge in [-0.05, 0) is 25.9 Å². The summed E-state index contributed by atoms with van der Waals surface area (Å²) in [5.41, 5.74) is 0. The molecule has 0 radical (unpaired) electrons. The fourth-order valence-electron chi connectivity index (χ4n) is 1.47. The lowest BCUT2D eigenvalue weighted by Gasteiger charge is -2.23. The van der Waals surface area contributed by atoms with Crippen molar-refractivity contribution in [2.24, 2.45) is 0 Å². The van der Waals surface area contributed by atoms with E-state index in [0.717, 1.165) is 37.7 Å². The molecule has 0 spiro atoms. The van der Waals surface area contributed by atoms with Crippen LogP contribution in [0.2, 0.25) is 0 Å². The van der Waals surface area contributed by atoms with Gasteiger partial charge in [-0.15, -0.1) is 11.8 Å². The van der Waals surface area contributed by atoms with Crippen molar-refractivity contribution in [3.63, 3.8) is 0 Å². The third-order valence-corrected chi connectivity index (χ3v) is 3.08. The molecule has 1 fully saturated rings. The van der Waals surface area contributed by atoms with Crippen LogP contribution in [0, 0.1) is 0 Å². The molecule has 1 rings (SSSR count). The molecule has 5 nitrogen and oxygen atoms in total. The largest absolute Gasteiger partial charge is 0.481 e. The topological polar surface area (TPSA) is 78.4 Å². The van der Waals surface area contributed by atoms with Crippen molar-refractivity contribution in [2.45, 2.75) is 18.9 Å². The van der Waals surface area contributed by atoms with Crippen LogP contribution in [0.1, 0.15) is 12.8 Å². The first kappa shape index (κ1) is 12.3. The molecule has 3 N–H and O–H groups in total. The number of piperidine rings is 1. The molecule has 15 heavy (non-hydrogen) atoms. The second-order valence-corrected chi connectivity index (χ2v) is 4.46. The third-order valence-electron chi connectivity index (χ3n) is 2.16. The first-order valence-corrected chi connectivity index (χ1v) is 6.13. The van der Waals surface area contributed by atoms with Crippen LogP contribution >= 0.6 is 11.8 Å². The van der Waals surface area contributed by atoms with Crippen LogP contribution in [-0.4, -0.2) is 47.6 Å². The number of carbonyl (C=O) groups excluding carboxylic acids is 1. The molecule has 1 heterocycles. The van der Waals surface area contributed by atoms with Gasteiger partial charge in [-0.2, -0.15) is 0 Å². The summed E-state index contributed by atoms with van der Waals surface area (Å²) in [7, 11) is 0. The summed E-state index contributed by atoms with van der Waals surface area (Å²) in [4.78, 5) is 21.6. The van der Waals surface area contributed by atoms with Crippen LogP contribution in [0.15, 0.2) is 0 Å². The SMILES string of the molecule is O=C(O)CSCC(=O)NC1CCNCC1. The Bertz CT molecular complexity index is 229. The Morgan fingerprint density at radius 2 is 2.00 bits per heavy atom. The third kappa shape index (κ3) is 5.64. The molecule has 1 aliphatic rings. The van der Waals surface area contributed by atoms with Gasteiger partial charge in [0.1, 0.15) is 0 Å². The lowest BCUT2D eigenvalue weighted by atomic mass is 10.1. The van der Waals surface area contributed by atoms with E-state index in [-0.39, 0.29) is 23.5 Å². The highest BCUT2D eigenvalue weighted by atomic mass is 32.2. The maximum Gasteiger partial charge on any atom is 0.313 e. The molecule has 0 aromatic heterocycles. The number of amides is 1. The Balaban J connectivity index is 2.09. The summed E-state index contributed by atoms with van der Waals surface area (Å²) < 4.78 is 0. The van der Waals surface area contributed by atoms with Crippen molar-refractivity contribution in [3.05, 3.63) is 0 Å². The molecule has 0 aromatic carbocycles. The van der Waals surface area contributed by atoms with Crippen LogP contribution in [0.3, 0.4) is 0 Å². The summed E-state index contributed by atoms with van der Waals surface area (Å²) in [6.45, 7) is 1.88. The number of nitrogens with one attached hydrogen (secondary N) is 2. The number of carboxylic acids is 1. The van der Waals surface area contributed by atoms with E-state index >= 15 is 0 Å². The van der Waals surface area contributed by atoms with Gasteiger partial charge in [0.2, 0.25) is 5.91 Å². The Kier molecular flexibility index (Phi) is 5.49. The van der Waals surface area contributed by atoms with Crippen molar-refractivity contribution in [2.75, 3.05) is 24.6 Å². The quantitative estimate of drug-likeness (QED) is 0.605. The van der Waals surface area contributed by atoms with E-state index in [2.05, 4.69) is 10.6 Å². The minimum absolute atomic E-state index is 0.0142. The first-order valence-electron chi connectivity index (χ1n) is 4.98. The van der Waals surface area contributed by atoms with E-state index < -0.39 is 5.97 Å². The Morgan fingerprint density at radius 1 is 1.33 bits per heavy atom. The van der Waals surface area contributed by atoms with Crippen molar-refractivity contribution in [1.29, 1.82) is 0 Å². The van der Waals surface area contributed by atoms with Crippen LogP contribution in [0.4, 0.5) is 0 Å². The van der Waals surface area contributed by atoms with Gasteiger partial charge in [0.05, 0.1) is 11.5 Å². The van der Waals surface area contributed by atoms with Gasteiger partial charge < -0.3 is 15.7 Å². The number of rotatable bonds is 5. The summed E-state index contributed by atoms with van der Waals surface area (Å²) in [6, 6.07) is 0.254. The molecule has 1 amide bonds. The molecule has 0 unspecified atom stereocenters. The molecular formula is C9H16N2O3S. The Hall–Kier alpha value is -0.750. The standard InChI is InChI=1S/C9H16N2O3S/c12-8(5-15-6-9(13)14)11-7-1-3-10-4-2-7/h7,10H,1-6H2,(H,11,12)(H,13,14). The highest BCUT2D eigenvalue weighted by Gasteiger charge is 2.15. The average molecular weight is 232 g/mol. The van der Waals surface area contributed by atoms with Crippen molar-refractivity contribution >= 4 is 23.6 Å². The molecule has 86 valence electrons. The van der Waals surface area contributed by atoms with Crippen LogP contribution in [-0.2, 0) is 9.59 Å². The molecule has 0 aromatic rings. The summed E-state index contributed by atoms with van der Waals surface area (Å²) in [5.74, 6) is -0.724. The smallest absolute Gasteiger partial charge is 0.313 e. The molecule has 0 aliphatic carbocycles. The average Bonchev–Trinajstić information content (AvgIpc) is 2.18.